The van der Waals surface area contributed by atoms with Crippen LogP contribution in [0.25, 0.3) is 0 Å². The predicted octanol–water partition coefficient (Wildman–Crippen LogP) is 2.09. The second kappa shape index (κ2) is 7.04. The van der Waals surface area contributed by atoms with E-state index in [1.807, 2.05) is 0 Å². The number of allylic oxidation sites excluding steroid dienone is 1. The zero-order valence-corrected chi connectivity index (χ0v) is 13.4. The van der Waals surface area contributed by atoms with Crippen molar-refractivity contribution in [3.05, 3.63) is 33.7 Å². The molecule has 0 unspecified atom stereocenters. The van der Waals surface area contributed by atoms with E-state index in [1.54, 1.807) is 12.3 Å². The van der Waals surface area contributed by atoms with Crippen molar-refractivity contribution in [2.75, 3.05) is 25.0 Å². The molecule has 2 heterocycles. The first-order valence-electron chi connectivity index (χ1n) is 7.01. The fourth-order valence-corrected chi connectivity index (χ4v) is 2.85. The van der Waals surface area contributed by atoms with Gasteiger partial charge in [-0.1, -0.05) is 13.0 Å². The summed E-state index contributed by atoms with van der Waals surface area (Å²) in [5, 5.41) is 7.58. The minimum absolute atomic E-state index is 0.124. The molecule has 5 nitrogen and oxygen atoms in total. The van der Waals surface area contributed by atoms with Crippen LogP contribution in [0.1, 0.15) is 19.8 Å². The number of nitrogens with one attached hydrogen (secondary N) is 1. The monoisotopic (exact) mass is 340 g/mol. The summed E-state index contributed by atoms with van der Waals surface area (Å²) in [4.78, 5) is 14.5. The van der Waals surface area contributed by atoms with Crippen molar-refractivity contribution >= 4 is 21.6 Å². The minimum Gasteiger partial charge on any atom is -0.380 e. The fraction of sp³-hybridized carbons (Fsp3) is 0.571. The molecule has 0 radical (unpaired) electrons. The van der Waals surface area contributed by atoms with Crippen LogP contribution in [0, 0.1) is 0 Å². The second-order valence-electron chi connectivity index (χ2n) is 5.00. The zero-order chi connectivity index (χ0) is 14.5. The van der Waals surface area contributed by atoms with Gasteiger partial charge in [-0.15, -0.1) is 6.58 Å². The maximum Gasteiger partial charge on any atom is 0.283 e. The highest BCUT2D eigenvalue weighted by atomic mass is 79.9. The molecule has 1 aliphatic heterocycles. The molecule has 0 amide bonds. The summed E-state index contributed by atoms with van der Waals surface area (Å²) in [5.41, 5.74) is 0.658. The molecular weight excluding hydrogens is 320 g/mol. The summed E-state index contributed by atoms with van der Waals surface area (Å²) in [7, 11) is 0. The normalized spacial score (nSPS) is 17.1. The van der Waals surface area contributed by atoms with E-state index in [9.17, 15) is 4.79 Å². The third kappa shape index (κ3) is 3.49. The molecule has 6 heteroatoms. The number of piperidine rings is 1. The van der Waals surface area contributed by atoms with Gasteiger partial charge in [0.05, 0.1) is 18.4 Å². The highest BCUT2D eigenvalue weighted by molar-refractivity contribution is 9.10. The van der Waals surface area contributed by atoms with Crippen molar-refractivity contribution in [3.8, 4) is 0 Å². The van der Waals surface area contributed by atoms with Crippen LogP contribution in [0.15, 0.2) is 28.1 Å². The third-order valence-electron chi connectivity index (χ3n) is 3.68. The molecular formula is C14H21BrN4O. The molecule has 0 saturated carbocycles. The first-order valence-corrected chi connectivity index (χ1v) is 7.80. The number of hydrogen-bond donors (Lipinski definition) is 1. The number of nitrogens with zero attached hydrogens (tertiary/aromatic N) is 3. The molecule has 0 aliphatic carbocycles. The van der Waals surface area contributed by atoms with Gasteiger partial charge in [0.1, 0.15) is 4.47 Å². The lowest BCUT2D eigenvalue weighted by molar-refractivity contribution is 0.229. The lowest BCUT2D eigenvalue weighted by atomic mass is 10.1. The van der Waals surface area contributed by atoms with Crippen molar-refractivity contribution in [2.45, 2.75) is 32.4 Å². The van der Waals surface area contributed by atoms with Gasteiger partial charge in [0.15, 0.2) is 0 Å². The average molecular weight is 341 g/mol. The maximum absolute atomic E-state index is 12.1. The molecule has 1 saturated heterocycles. The highest BCUT2D eigenvalue weighted by Gasteiger charge is 2.19. The summed E-state index contributed by atoms with van der Waals surface area (Å²) in [6.45, 7) is 9.55. The van der Waals surface area contributed by atoms with E-state index >= 15 is 0 Å². The van der Waals surface area contributed by atoms with Gasteiger partial charge in [0.25, 0.3) is 5.56 Å². The standard InChI is InChI=1S/C14H21BrN4O/c1-3-7-19-14(20)13(15)12(10-16-19)17-11-5-8-18(4-2)9-6-11/h3,10-11,17H,1,4-9H2,2H3. The molecule has 0 aromatic carbocycles. The number of halogens is 1. The highest BCUT2D eigenvalue weighted by Crippen LogP contribution is 2.21. The Hall–Kier alpha value is -1.14. The van der Waals surface area contributed by atoms with Gasteiger partial charge in [-0.2, -0.15) is 5.10 Å². The quantitative estimate of drug-likeness (QED) is 0.834. The van der Waals surface area contributed by atoms with E-state index < -0.39 is 0 Å². The topological polar surface area (TPSA) is 50.2 Å². The maximum atomic E-state index is 12.1. The van der Waals surface area contributed by atoms with Crippen LogP contribution in [0.5, 0.6) is 0 Å². The Labute approximate surface area is 127 Å². The third-order valence-corrected chi connectivity index (χ3v) is 4.45. The van der Waals surface area contributed by atoms with Crippen LogP contribution < -0.4 is 10.9 Å². The first-order chi connectivity index (χ1) is 9.65. The van der Waals surface area contributed by atoms with Crippen LogP contribution in [0.2, 0.25) is 0 Å². The van der Waals surface area contributed by atoms with Crippen LogP contribution in [0.3, 0.4) is 0 Å². The molecule has 1 fully saturated rings. The van der Waals surface area contributed by atoms with E-state index in [1.165, 1.54) is 4.68 Å². The Bertz CT molecular complexity index is 520. The second-order valence-corrected chi connectivity index (χ2v) is 5.79. The molecule has 20 heavy (non-hydrogen) atoms. The molecule has 110 valence electrons. The van der Waals surface area contributed by atoms with Gasteiger partial charge in [0.2, 0.25) is 0 Å². The Morgan fingerprint density at radius 2 is 2.25 bits per heavy atom. The van der Waals surface area contributed by atoms with Crippen molar-refractivity contribution in [1.29, 1.82) is 0 Å². The van der Waals surface area contributed by atoms with Gasteiger partial charge in [-0.25, -0.2) is 4.68 Å². The zero-order valence-electron chi connectivity index (χ0n) is 11.8. The SMILES string of the molecule is C=CCn1ncc(NC2CCN(CC)CC2)c(Br)c1=O. The Morgan fingerprint density at radius 1 is 1.55 bits per heavy atom. The lowest BCUT2D eigenvalue weighted by Crippen LogP contribution is -2.39. The van der Waals surface area contributed by atoms with Crippen molar-refractivity contribution in [1.82, 2.24) is 14.7 Å². The minimum atomic E-state index is -0.124. The number of hydrogen-bond acceptors (Lipinski definition) is 4. The number of aromatic nitrogens is 2. The van der Waals surface area contributed by atoms with Gasteiger partial charge < -0.3 is 10.2 Å². The lowest BCUT2D eigenvalue weighted by Gasteiger charge is -2.32. The first kappa shape index (κ1) is 15.3. The molecule has 0 atom stereocenters. The largest absolute Gasteiger partial charge is 0.380 e. The summed E-state index contributed by atoms with van der Waals surface area (Å²) in [6, 6.07) is 0.408. The van der Waals surface area contributed by atoms with Crippen molar-refractivity contribution in [2.24, 2.45) is 0 Å². The Balaban J connectivity index is 2.05. The molecule has 1 aliphatic rings. The molecule has 1 N–H and O–H groups in total. The van der Waals surface area contributed by atoms with Gasteiger partial charge >= 0.3 is 0 Å². The predicted molar refractivity (Wildman–Crippen MR) is 85.2 cm³/mol. The number of anilines is 1. The van der Waals surface area contributed by atoms with Crippen molar-refractivity contribution in [3.63, 3.8) is 0 Å². The van der Waals surface area contributed by atoms with E-state index in [0.717, 1.165) is 38.2 Å². The van der Waals surface area contributed by atoms with Gasteiger partial charge in [0, 0.05) is 19.1 Å². The molecule has 1 aromatic heterocycles. The summed E-state index contributed by atoms with van der Waals surface area (Å²) in [5.74, 6) is 0. The van der Waals surface area contributed by atoms with E-state index in [2.05, 4.69) is 44.7 Å². The fourth-order valence-electron chi connectivity index (χ4n) is 2.43. The van der Waals surface area contributed by atoms with Crippen LogP contribution in [0.4, 0.5) is 5.69 Å². The molecule has 0 spiro atoms. The van der Waals surface area contributed by atoms with Crippen LogP contribution in [-0.2, 0) is 6.54 Å². The van der Waals surface area contributed by atoms with E-state index in [0.29, 0.717) is 17.1 Å². The summed E-state index contributed by atoms with van der Waals surface area (Å²) >= 11 is 3.37. The Morgan fingerprint density at radius 3 is 2.85 bits per heavy atom. The van der Waals surface area contributed by atoms with E-state index in [-0.39, 0.29) is 5.56 Å². The average Bonchev–Trinajstić information content (AvgIpc) is 2.48. The molecule has 2 rings (SSSR count). The summed E-state index contributed by atoms with van der Waals surface area (Å²) < 4.78 is 1.94. The van der Waals surface area contributed by atoms with E-state index in [4.69, 9.17) is 0 Å². The molecule has 1 aromatic rings. The van der Waals surface area contributed by atoms with Crippen LogP contribution in [-0.4, -0.2) is 40.4 Å². The smallest absolute Gasteiger partial charge is 0.283 e. The van der Waals surface area contributed by atoms with Gasteiger partial charge in [-0.05, 0) is 35.3 Å². The number of rotatable bonds is 5. The van der Waals surface area contributed by atoms with Gasteiger partial charge in [-0.3, -0.25) is 4.79 Å². The Kier molecular flexibility index (Phi) is 5.37. The summed E-state index contributed by atoms with van der Waals surface area (Å²) in [6.07, 6.45) is 5.56. The molecule has 0 bridgehead atoms. The van der Waals surface area contributed by atoms with Crippen LogP contribution >= 0.6 is 15.9 Å². The van der Waals surface area contributed by atoms with Crippen molar-refractivity contribution < 1.29 is 0 Å². The number of likely N-dealkylation sites (tertiary alicyclic amines) is 1.